The van der Waals surface area contributed by atoms with Crippen LogP contribution >= 0.6 is 11.6 Å². The fourth-order valence-corrected chi connectivity index (χ4v) is 4.91. The Morgan fingerprint density at radius 1 is 1.16 bits per heavy atom. The molecule has 166 valence electrons. The molecule has 3 aromatic rings. The molecule has 0 saturated carbocycles. The minimum atomic E-state index is -0.398. The summed E-state index contributed by atoms with van der Waals surface area (Å²) in [4.78, 5) is 21.0. The van der Waals surface area contributed by atoms with E-state index in [1.807, 2.05) is 49.5 Å². The third-order valence-corrected chi connectivity index (χ3v) is 6.69. The Bertz CT molecular complexity index is 1130. The van der Waals surface area contributed by atoms with Crippen LogP contribution in [0.15, 0.2) is 42.6 Å². The van der Waals surface area contributed by atoms with Gasteiger partial charge in [-0.3, -0.25) is 9.47 Å². The second kappa shape index (κ2) is 8.43. The Kier molecular flexibility index (Phi) is 5.46. The lowest BCUT2D eigenvalue weighted by molar-refractivity contribution is 0.104. The minimum absolute atomic E-state index is 0.211. The van der Waals surface area contributed by atoms with Gasteiger partial charge in [0, 0.05) is 35.8 Å². The highest BCUT2D eigenvalue weighted by Gasteiger charge is 2.34. The van der Waals surface area contributed by atoms with Gasteiger partial charge in [-0.2, -0.15) is 0 Å². The van der Waals surface area contributed by atoms with E-state index in [0.717, 1.165) is 54.6 Å². The van der Waals surface area contributed by atoms with Gasteiger partial charge in [0.05, 0.1) is 25.4 Å². The molecule has 1 fully saturated rings. The zero-order valence-corrected chi connectivity index (χ0v) is 18.9. The molecule has 2 aromatic heterocycles. The first kappa shape index (κ1) is 20.8. The van der Waals surface area contributed by atoms with Crippen molar-refractivity contribution in [2.45, 2.75) is 38.3 Å². The van der Waals surface area contributed by atoms with E-state index >= 15 is 0 Å². The van der Waals surface area contributed by atoms with Crippen molar-refractivity contribution >= 4 is 23.5 Å². The Morgan fingerprint density at radius 3 is 2.69 bits per heavy atom. The highest BCUT2D eigenvalue weighted by Crippen LogP contribution is 2.38. The Labute approximate surface area is 191 Å². The van der Waals surface area contributed by atoms with Gasteiger partial charge in [0.15, 0.2) is 5.82 Å². The van der Waals surface area contributed by atoms with Crippen LogP contribution in [0.2, 0.25) is 5.02 Å². The van der Waals surface area contributed by atoms with E-state index in [2.05, 4.69) is 24.6 Å². The van der Waals surface area contributed by atoms with Gasteiger partial charge in [-0.15, -0.1) is 10.2 Å². The molecule has 1 aromatic carbocycles. The number of fused-ring (bicyclic) bond motifs is 3. The number of carbonyl (C=O) groups is 1. The summed E-state index contributed by atoms with van der Waals surface area (Å²) < 4.78 is 7.16. The number of benzene rings is 1. The third-order valence-electron chi connectivity index (χ3n) is 6.46. The molecule has 0 radical (unpaired) electrons. The number of hydrogen-bond donors (Lipinski definition) is 0. The molecule has 1 saturated heterocycles. The van der Waals surface area contributed by atoms with Gasteiger partial charge in [0.1, 0.15) is 11.6 Å². The van der Waals surface area contributed by atoms with Crippen LogP contribution in [0, 0.1) is 0 Å². The van der Waals surface area contributed by atoms with Crippen LogP contribution in [0.5, 0.6) is 0 Å². The van der Waals surface area contributed by atoms with Gasteiger partial charge >= 0.3 is 6.09 Å². The highest BCUT2D eigenvalue weighted by atomic mass is 35.5. The van der Waals surface area contributed by atoms with Gasteiger partial charge in [-0.1, -0.05) is 17.7 Å². The highest BCUT2D eigenvalue weighted by molar-refractivity contribution is 6.30. The molecule has 2 aliphatic rings. The number of aromatic nitrogens is 4. The summed E-state index contributed by atoms with van der Waals surface area (Å²) in [7, 11) is 1.39. The SMILES string of the molecule is COC(=O)N1Cc2nnc(C3CCN(c4ccccn4)CC3)n2-c2ccc(Cl)cc2C1C. The summed E-state index contributed by atoms with van der Waals surface area (Å²) in [6.07, 6.45) is 3.34. The third kappa shape index (κ3) is 3.58. The minimum Gasteiger partial charge on any atom is -0.453 e. The number of rotatable bonds is 2. The number of pyridine rings is 1. The van der Waals surface area contributed by atoms with Gasteiger partial charge in [0.25, 0.3) is 0 Å². The molecule has 9 heteroatoms. The molecule has 8 nitrogen and oxygen atoms in total. The normalized spacial score (nSPS) is 18.7. The lowest BCUT2D eigenvalue weighted by Gasteiger charge is -2.32. The van der Waals surface area contributed by atoms with Crippen molar-refractivity contribution < 1.29 is 9.53 Å². The van der Waals surface area contributed by atoms with E-state index in [9.17, 15) is 4.79 Å². The van der Waals surface area contributed by atoms with Crippen molar-refractivity contribution in [3.8, 4) is 5.69 Å². The molecular formula is C23H25ClN6O2. The van der Waals surface area contributed by atoms with Crippen LogP contribution in [0.3, 0.4) is 0 Å². The predicted octanol–water partition coefficient (Wildman–Crippen LogP) is 4.34. The number of halogens is 1. The molecule has 5 rings (SSSR count). The number of anilines is 1. The molecule has 0 N–H and O–H groups in total. The fourth-order valence-electron chi connectivity index (χ4n) is 4.73. The molecule has 1 atom stereocenters. The smallest absolute Gasteiger partial charge is 0.410 e. The van der Waals surface area contributed by atoms with Gasteiger partial charge in [-0.25, -0.2) is 9.78 Å². The molecule has 4 heterocycles. The number of carbonyl (C=O) groups excluding carboxylic acids is 1. The maximum atomic E-state index is 12.5. The standard InChI is InChI=1S/C23H25ClN6O2/c1-15-18-13-17(24)6-7-19(18)30-21(14-29(15)23(31)32-2)26-27-22(30)16-8-11-28(12-9-16)20-5-3-4-10-25-20/h3-7,10,13,15-16H,8-9,11-12,14H2,1-2H3. The molecule has 0 bridgehead atoms. The summed E-state index contributed by atoms with van der Waals surface area (Å²) >= 11 is 6.33. The maximum absolute atomic E-state index is 12.5. The molecule has 1 amide bonds. The fraction of sp³-hybridized carbons (Fsp3) is 0.391. The average molecular weight is 453 g/mol. The second-order valence-electron chi connectivity index (χ2n) is 8.24. The van der Waals surface area contributed by atoms with Gasteiger partial charge in [0.2, 0.25) is 0 Å². The van der Waals surface area contributed by atoms with Crippen molar-refractivity contribution in [3.63, 3.8) is 0 Å². The summed E-state index contributed by atoms with van der Waals surface area (Å²) in [5.74, 6) is 2.93. The van der Waals surface area contributed by atoms with Crippen molar-refractivity contribution in [2.75, 3.05) is 25.1 Å². The molecule has 0 spiro atoms. The number of ether oxygens (including phenoxy) is 1. The Hall–Kier alpha value is -3.13. The van der Waals surface area contributed by atoms with E-state index < -0.39 is 6.09 Å². The molecule has 0 aliphatic carbocycles. The molecule has 2 aliphatic heterocycles. The number of methoxy groups -OCH3 is 1. The van der Waals surface area contributed by atoms with Crippen LogP contribution in [-0.4, -0.2) is 50.9 Å². The van der Waals surface area contributed by atoms with Crippen molar-refractivity contribution in [3.05, 3.63) is 64.8 Å². The zero-order valence-electron chi connectivity index (χ0n) is 18.1. The van der Waals surface area contributed by atoms with E-state index in [1.54, 1.807) is 4.90 Å². The van der Waals surface area contributed by atoms with Gasteiger partial charge in [-0.05, 0) is 50.1 Å². The number of amides is 1. The topological polar surface area (TPSA) is 76.4 Å². The molecule has 1 unspecified atom stereocenters. The number of hydrogen-bond acceptors (Lipinski definition) is 6. The van der Waals surface area contributed by atoms with Crippen molar-refractivity contribution in [2.24, 2.45) is 0 Å². The summed E-state index contributed by atoms with van der Waals surface area (Å²) in [5, 5.41) is 9.72. The zero-order chi connectivity index (χ0) is 22.2. The summed E-state index contributed by atoms with van der Waals surface area (Å²) in [5.41, 5.74) is 1.92. The predicted molar refractivity (Wildman–Crippen MR) is 121 cm³/mol. The summed E-state index contributed by atoms with van der Waals surface area (Å²) in [6.45, 7) is 4.11. The van der Waals surface area contributed by atoms with Crippen molar-refractivity contribution in [1.82, 2.24) is 24.6 Å². The van der Waals surface area contributed by atoms with Crippen LogP contribution in [-0.2, 0) is 11.3 Å². The van der Waals surface area contributed by atoms with E-state index in [4.69, 9.17) is 16.3 Å². The van der Waals surface area contributed by atoms with E-state index in [-0.39, 0.29) is 12.0 Å². The van der Waals surface area contributed by atoms with Gasteiger partial charge < -0.3 is 9.64 Å². The van der Waals surface area contributed by atoms with Crippen LogP contribution in [0.4, 0.5) is 10.6 Å². The van der Waals surface area contributed by atoms with Crippen LogP contribution < -0.4 is 4.90 Å². The van der Waals surface area contributed by atoms with Crippen LogP contribution in [0.1, 0.15) is 48.9 Å². The largest absolute Gasteiger partial charge is 0.453 e. The second-order valence-corrected chi connectivity index (χ2v) is 8.67. The molecule has 32 heavy (non-hydrogen) atoms. The lowest BCUT2D eigenvalue weighted by atomic mass is 9.95. The van der Waals surface area contributed by atoms with Crippen LogP contribution in [0.25, 0.3) is 5.69 Å². The average Bonchev–Trinajstić information content (AvgIpc) is 3.21. The Morgan fingerprint density at radius 2 is 1.97 bits per heavy atom. The maximum Gasteiger partial charge on any atom is 0.410 e. The first-order valence-corrected chi connectivity index (χ1v) is 11.2. The number of nitrogens with zero attached hydrogens (tertiary/aromatic N) is 6. The number of piperidine rings is 1. The molecular weight excluding hydrogens is 428 g/mol. The van der Waals surface area contributed by atoms with E-state index in [1.165, 1.54) is 7.11 Å². The van der Waals surface area contributed by atoms with E-state index in [0.29, 0.717) is 11.6 Å². The van der Waals surface area contributed by atoms with Crippen molar-refractivity contribution in [1.29, 1.82) is 0 Å². The Balaban J connectivity index is 1.50. The first-order chi connectivity index (χ1) is 15.6. The lowest BCUT2D eigenvalue weighted by Crippen LogP contribution is -2.34. The summed E-state index contributed by atoms with van der Waals surface area (Å²) in [6, 6.07) is 11.6. The monoisotopic (exact) mass is 452 g/mol. The quantitative estimate of drug-likeness (QED) is 0.575. The first-order valence-electron chi connectivity index (χ1n) is 10.8.